The van der Waals surface area contributed by atoms with Crippen LogP contribution in [-0.2, 0) is 27.7 Å². The van der Waals surface area contributed by atoms with E-state index in [-0.39, 0.29) is 0 Å². The molecule has 118 valence electrons. The highest BCUT2D eigenvalue weighted by Gasteiger charge is 2.40. The Kier molecular flexibility index (Phi) is 4.72. The van der Waals surface area contributed by atoms with E-state index in [0.29, 0.717) is 37.6 Å². The van der Waals surface area contributed by atoms with E-state index < -0.39 is 15.6 Å². The first kappa shape index (κ1) is 16.4. The Hall–Kier alpha value is -0.950. The molecular formula is C15H24N2O3S. The number of ether oxygens (including phenoxy) is 1. The van der Waals surface area contributed by atoms with E-state index in [4.69, 9.17) is 10.5 Å². The molecule has 5 nitrogen and oxygen atoms in total. The number of morpholine rings is 1. The highest BCUT2D eigenvalue weighted by atomic mass is 32.2. The number of nitrogens with two attached hydrogens (primary N) is 1. The summed E-state index contributed by atoms with van der Waals surface area (Å²) in [5.74, 6) is 0. The summed E-state index contributed by atoms with van der Waals surface area (Å²) in [6, 6.07) is 5.46. The van der Waals surface area contributed by atoms with Crippen molar-refractivity contribution in [2.75, 3.05) is 19.8 Å². The van der Waals surface area contributed by atoms with Crippen LogP contribution >= 0.6 is 0 Å². The lowest BCUT2D eigenvalue weighted by molar-refractivity contribution is -0.00773. The average Bonchev–Trinajstić information content (AvgIpc) is 2.45. The summed E-state index contributed by atoms with van der Waals surface area (Å²) in [7, 11) is -3.55. The van der Waals surface area contributed by atoms with Crippen LogP contribution in [0.2, 0.25) is 0 Å². The molecule has 0 spiro atoms. The number of aryl methyl sites for hydroxylation is 1. The summed E-state index contributed by atoms with van der Waals surface area (Å²) < 4.78 is 33.1. The van der Waals surface area contributed by atoms with Crippen molar-refractivity contribution in [3.05, 3.63) is 29.3 Å². The standard InChI is InChI=1S/C15H24N2O3S/c1-4-13-6-5-12(10-16)9-14(13)21(18,19)17-7-8-20-11-15(17,2)3/h5-6,9H,4,7-8,10-11,16H2,1-3H3. The SMILES string of the molecule is CCc1ccc(CN)cc1S(=O)(=O)N1CCOCC1(C)C. The van der Waals surface area contributed by atoms with Gasteiger partial charge in [0.05, 0.1) is 23.6 Å². The van der Waals surface area contributed by atoms with E-state index in [1.165, 1.54) is 0 Å². The van der Waals surface area contributed by atoms with Crippen LogP contribution in [0.4, 0.5) is 0 Å². The second-order valence-corrected chi connectivity index (χ2v) is 7.77. The summed E-state index contributed by atoms with van der Waals surface area (Å²) in [5.41, 5.74) is 6.77. The third kappa shape index (κ3) is 3.13. The molecule has 0 atom stereocenters. The quantitative estimate of drug-likeness (QED) is 0.914. The van der Waals surface area contributed by atoms with E-state index in [9.17, 15) is 8.42 Å². The van der Waals surface area contributed by atoms with Gasteiger partial charge in [-0.05, 0) is 37.5 Å². The lowest BCUT2D eigenvalue weighted by Gasteiger charge is -2.41. The maximum atomic E-state index is 13.1. The number of rotatable bonds is 4. The molecule has 1 aliphatic rings. The zero-order valence-electron chi connectivity index (χ0n) is 12.9. The van der Waals surface area contributed by atoms with Crippen molar-refractivity contribution in [2.24, 2.45) is 5.73 Å². The number of sulfonamides is 1. The van der Waals surface area contributed by atoms with Crippen LogP contribution in [0.5, 0.6) is 0 Å². The molecular weight excluding hydrogens is 288 g/mol. The van der Waals surface area contributed by atoms with Gasteiger partial charge >= 0.3 is 0 Å². The Morgan fingerprint density at radius 3 is 2.67 bits per heavy atom. The van der Waals surface area contributed by atoms with Crippen LogP contribution in [0.3, 0.4) is 0 Å². The highest BCUT2D eigenvalue weighted by Crippen LogP contribution is 2.30. The first-order valence-electron chi connectivity index (χ1n) is 7.25. The monoisotopic (exact) mass is 312 g/mol. The molecule has 0 saturated carbocycles. The van der Waals surface area contributed by atoms with Gasteiger partial charge in [0.1, 0.15) is 0 Å². The molecule has 21 heavy (non-hydrogen) atoms. The van der Waals surface area contributed by atoms with Gasteiger partial charge in [-0.1, -0.05) is 19.1 Å². The molecule has 6 heteroatoms. The molecule has 1 aromatic rings. The fourth-order valence-corrected chi connectivity index (χ4v) is 4.77. The van der Waals surface area contributed by atoms with Crippen molar-refractivity contribution >= 4 is 10.0 Å². The van der Waals surface area contributed by atoms with Gasteiger partial charge in [-0.2, -0.15) is 4.31 Å². The second kappa shape index (κ2) is 6.04. The summed E-state index contributed by atoms with van der Waals surface area (Å²) >= 11 is 0. The van der Waals surface area contributed by atoms with Crippen molar-refractivity contribution in [1.82, 2.24) is 4.31 Å². The molecule has 2 rings (SSSR count). The Balaban J connectivity index is 2.52. The lowest BCUT2D eigenvalue weighted by atomic mass is 10.1. The maximum Gasteiger partial charge on any atom is 0.244 e. The highest BCUT2D eigenvalue weighted by molar-refractivity contribution is 7.89. The molecule has 1 fully saturated rings. The van der Waals surface area contributed by atoms with Gasteiger partial charge in [-0.3, -0.25) is 0 Å². The Labute approximate surface area is 127 Å². The molecule has 0 radical (unpaired) electrons. The van der Waals surface area contributed by atoms with Crippen LogP contribution in [0, 0.1) is 0 Å². The predicted octanol–water partition coefficient (Wildman–Crippen LogP) is 1.51. The van der Waals surface area contributed by atoms with Crippen LogP contribution in [0.25, 0.3) is 0 Å². The summed E-state index contributed by atoms with van der Waals surface area (Å²) in [5, 5.41) is 0. The predicted molar refractivity (Wildman–Crippen MR) is 82.5 cm³/mol. The number of hydrogen-bond donors (Lipinski definition) is 1. The average molecular weight is 312 g/mol. The van der Waals surface area contributed by atoms with Gasteiger partial charge < -0.3 is 10.5 Å². The van der Waals surface area contributed by atoms with E-state index in [1.807, 2.05) is 32.9 Å². The summed E-state index contributed by atoms with van der Waals surface area (Å²) in [4.78, 5) is 0.378. The third-order valence-electron chi connectivity index (χ3n) is 3.89. The minimum absolute atomic E-state index is 0.332. The first-order chi connectivity index (χ1) is 9.82. The van der Waals surface area contributed by atoms with Crippen molar-refractivity contribution in [3.8, 4) is 0 Å². The molecule has 1 saturated heterocycles. The topological polar surface area (TPSA) is 72.6 Å². The Bertz CT molecular complexity index is 611. The molecule has 0 aliphatic carbocycles. The van der Waals surface area contributed by atoms with Gasteiger partial charge in [-0.15, -0.1) is 0 Å². The molecule has 0 aromatic heterocycles. The molecule has 2 N–H and O–H groups in total. The van der Waals surface area contributed by atoms with Gasteiger partial charge in [0, 0.05) is 13.1 Å². The number of hydrogen-bond acceptors (Lipinski definition) is 4. The van der Waals surface area contributed by atoms with Crippen LogP contribution < -0.4 is 5.73 Å². The van der Waals surface area contributed by atoms with Crippen LogP contribution in [-0.4, -0.2) is 38.0 Å². The summed E-state index contributed by atoms with van der Waals surface area (Å²) in [6.07, 6.45) is 0.671. The molecule has 1 aromatic carbocycles. The minimum atomic E-state index is -3.55. The van der Waals surface area contributed by atoms with E-state index >= 15 is 0 Å². The maximum absolute atomic E-state index is 13.1. The van der Waals surface area contributed by atoms with Crippen molar-refractivity contribution < 1.29 is 13.2 Å². The second-order valence-electron chi connectivity index (χ2n) is 5.94. The molecule has 1 aliphatic heterocycles. The molecule has 0 bridgehead atoms. The van der Waals surface area contributed by atoms with Gasteiger partial charge in [0.15, 0.2) is 0 Å². The smallest absolute Gasteiger partial charge is 0.244 e. The number of benzene rings is 1. The van der Waals surface area contributed by atoms with Crippen molar-refractivity contribution in [2.45, 2.75) is 44.2 Å². The van der Waals surface area contributed by atoms with E-state index in [0.717, 1.165) is 11.1 Å². The fraction of sp³-hybridized carbons (Fsp3) is 0.600. The minimum Gasteiger partial charge on any atom is -0.378 e. The first-order valence-corrected chi connectivity index (χ1v) is 8.69. The van der Waals surface area contributed by atoms with Gasteiger partial charge in [0.2, 0.25) is 10.0 Å². The zero-order valence-corrected chi connectivity index (χ0v) is 13.7. The van der Waals surface area contributed by atoms with Crippen molar-refractivity contribution in [1.29, 1.82) is 0 Å². The van der Waals surface area contributed by atoms with E-state index in [2.05, 4.69) is 0 Å². The van der Waals surface area contributed by atoms with Crippen LogP contribution in [0.1, 0.15) is 31.9 Å². The van der Waals surface area contributed by atoms with E-state index in [1.54, 1.807) is 10.4 Å². The third-order valence-corrected chi connectivity index (χ3v) is 6.08. The molecule has 1 heterocycles. The zero-order chi connectivity index (χ0) is 15.7. The van der Waals surface area contributed by atoms with Crippen molar-refractivity contribution in [3.63, 3.8) is 0 Å². The fourth-order valence-electron chi connectivity index (χ4n) is 2.67. The molecule has 0 unspecified atom stereocenters. The largest absolute Gasteiger partial charge is 0.378 e. The van der Waals surface area contributed by atoms with Crippen LogP contribution in [0.15, 0.2) is 23.1 Å². The Morgan fingerprint density at radius 1 is 1.38 bits per heavy atom. The lowest BCUT2D eigenvalue weighted by Crippen LogP contribution is -2.55. The number of nitrogens with zero attached hydrogens (tertiary/aromatic N) is 1. The Morgan fingerprint density at radius 2 is 2.10 bits per heavy atom. The summed E-state index contributed by atoms with van der Waals surface area (Å²) in [6.45, 7) is 7.29. The van der Waals surface area contributed by atoms with Gasteiger partial charge in [0.25, 0.3) is 0 Å². The normalized spacial score (nSPS) is 19.6. The van der Waals surface area contributed by atoms with Gasteiger partial charge in [-0.25, -0.2) is 8.42 Å². The molecule has 0 amide bonds.